The monoisotopic (exact) mass is 250 g/mol. The molecule has 4 nitrogen and oxygen atoms in total. The van der Waals surface area contributed by atoms with Crippen molar-refractivity contribution in [3.8, 4) is 0 Å². The number of esters is 1. The van der Waals surface area contributed by atoms with Gasteiger partial charge in [0.2, 0.25) is 0 Å². The minimum Gasteiger partial charge on any atom is -0.461 e. The second kappa shape index (κ2) is 5.50. The SMILES string of the molecule is CCOCCOC(=O)[C@H]1O[C@@]1(C)c1ccccc1. The Bertz CT molecular complexity index is 404. The largest absolute Gasteiger partial charge is 0.461 e. The van der Waals surface area contributed by atoms with E-state index < -0.39 is 11.7 Å². The van der Waals surface area contributed by atoms with E-state index in [1.165, 1.54) is 0 Å². The van der Waals surface area contributed by atoms with Crippen LogP contribution in [-0.4, -0.2) is 31.9 Å². The molecule has 1 aromatic carbocycles. The Balaban J connectivity index is 1.84. The average molecular weight is 250 g/mol. The summed E-state index contributed by atoms with van der Waals surface area (Å²) in [5.74, 6) is -0.318. The van der Waals surface area contributed by atoms with Gasteiger partial charge in [0.15, 0.2) is 6.10 Å². The van der Waals surface area contributed by atoms with E-state index in [-0.39, 0.29) is 12.6 Å². The Kier molecular flexibility index (Phi) is 3.99. The van der Waals surface area contributed by atoms with Crippen molar-refractivity contribution < 1.29 is 19.0 Å². The molecule has 1 aliphatic rings. The van der Waals surface area contributed by atoms with Crippen LogP contribution in [0.15, 0.2) is 30.3 Å². The molecule has 1 aliphatic heterocycles. The normalized spacial score (nSPS) is 25.8. The summed E-state index contributed by atoms with van der Waals surface area (Å²) >= 11 is 0. The second-order valence-electron chi connectivity index (χ2n) is 4.34. The summed E-state index contributed by atoms with van der Waals surface area (Å²) < 4.78 is 15.7. The van der Waals surface area contributed by atoms with Crippen molar-refractivity contribution >= 4 is 5.97 Å². The highest BCUT2D eigenvalue weighted by molar-refractivity contribution is 5.79. The van der Waals surface area contributed by atoms with E-state index in [9.17, 15) is 4.79 Å². The Hall–Kier alpha value is -1.39. The quantitative estimate of drug-likeness (QED) is 0.439. The Morgan fingerprint density at radius 3 is 2.72 bits per heavy atom. The zero-order chi connectivity index (χ0) is 13.0. The minimum atomic E-state index is -0.538. The molecule has 0 radical (unpaired) electrons. The molecule has 4 heteroatoms. The van der Waals surface area contributed by atoms with Crippen LogP contribution in [0.4, 0.5) is 0 Å². The Labute approximate surface area is 107 Å². The second-order valence-corrected chi connectivity index (χ2v) is 4.34. The summed E-state index contributed by atoms with van der Waals surface area (Å²) in [6.45, 7) is 5.13. The van der Waals surface area contributed by atoms with Gasteiger partial charge >= 0.3 is 5.97 Å². The first kappa shape index (κ1) is 13.1. The molecular weight excluding hydrogens is 232 g/mol. The molecule has 0 amide bonds. The average Bonchev–Trinajstić information content (AvgIpc) is 3.10. The third kappa shape index (κ3) is 2.71. The van der Waals surface area contributed by atoms with E-state index >= 15 is 0 Å². The molecule has 1 saturated heterocycles. The number of hydrogen-bond donors (Lipinski definition) is 0. The summed E-state index contributed by atoms with van der Waals surface area (Å²) in [6.07, 6.45) is -0.499. The maximum absolute atomic E-state index is 11.8. The van der Waals surface area contributed by atoms with Crippen LogP contribution in [0, 0.1) is 0 Å². The van der Waals surface area contributed by atoms with E-state index in [4.69, 9.17) is 14.2 Å². The van der Waals surface area contributed by atoms with Crippen LogP contribution in [0.2, 0.25) is 0 Å². The first-order valence-electron chi connectivity index (χ1n) is 6.16. The van der Waals surface area contributed by atoms with Crippen molar-refractivity contribution in [3.05, 3.63) is 35.9 Å². The fourth-order valence-electron chi connectivity index (χ4n) is 1.89. The van der Waals surface area contributed by atoms with Crippen LogP contribution in [0.1, 0.15) is 19.4 Å². The molecular formula is C14H18O4. The molecule has 0 spiro atoms. The lowest BCUT2D eigenvalue weighted by Gasteiger charge is -2.07. The highest BCUT2D eigenvalue weighted by Crippen LogP contribution is 2.46. The fraction of sp³-hybridized carbons (Fsp3) is 0.500. The molecule has 1 heterocycles. The van der Waals surface area contributed by atoms with Gasteiger partial charge in [0.1, 0.15) is 12.2 Å². The van der Waals surface area contributed by atoms with Gasteiger partial charge in [-0.05, 0) is 19.4 Å². The smallest absolute Gasteiger partial charge is 0.338 e. The molecule has 98 valence electrons. The number of benzene rings is 1. The molecule has 0 saturated carbocycles. The molecule has 0 aliphatic carbocycles. The molecule has 0 bridgehead atoms. The van der Waals surface area contributed by atoms with E-state index in [0.717, 1.165) is 5.56 Å². The van der Waals surface area contributed by atoms with E-state index in [0.29, 0.717) is 13.2 Å². The molecule has 18 heavy (non-hydrogen) atoms. The lowest BCUT2D eigenvalue weighted by atomic mass is 9.97. The number of hydrogen-bond acceptors (Lipinski definition) is 4. The molecule has 0 aromatic heterocycles. The van der Waals surface area contributed by atoms with Crippen molar-refractivity contribution in [1.29, 1.82) is 0 Å². The number of carbonyl (C=O) groups is 1. The molecule has 2 atom stereocenters. The summed E-state index contributed by atoms with van der Waals surface area (Å²) in [5, 5.41) is 0. The van der Waals surface area contributed by atoms with Gasteiger partial charge in [-0.1, -0.05) is 30.3 Å². The summed E-state index contributed by atoms with van der Waals surface area (Å²) in [4.78, 5) is 11.8. The van der Waals surface area contributed by atoms with Crippen molar-refractivity contribution in [1.82, 2.24) is 0 Å². The van der Waals surface area contributed by atoms with Gasteiger partial charge in [0.05, 0.1) is 6.61 Å². The highest BCUT2D eigenvalue weighted by Gasteiger charge is 2.59. The van der Waals surface area contributed by atoms with Crippen LogP contribution < -0.4 is 0 Å². The zero-order valence-corrected chi connectivity index (χ0v) is 10.7. The molecule has 0 N–H and O–H groups in total. The van der Waals surface area contributed by atoms with Gasteiger partial charge < -0.3 is 14.2 Å². The predicted molar refractivity (Wildman–Crippen MR) is 66.1 cm³/mol. The molecule has 2 rings (SSSR count). The van der Waals surface area contributed by atoms with E-state index in [1.807, 2.05) is 44.2 Å². The number of epoxide rings is 1. The van der Waals surface area contributed by atoms with Crippen molar-refractivity contribution in [2.75, 3.05) is 19.8 Å². The van der Waals surface area contributed by atoms with Crippen LogP contribution in [-0.2, 0) is 24.6 Å². The molecule has 1 aromatic rings. The van der Waals surface area contributed by atoms with E-state index in [2.05, 4.69) is 0 Å². The zero-order valence-electron chi connectivity index (χ0n) is 10.7. The predicted octanol–water partition coefficient (Wildman–Crippen LogP) is 1.88. The van der Waals surface area contributed by atoms with Crippen molar-refractivity contribution in [3.63, 3.8) is 0 Å². The lowest BCUT2D eigenvalue weighted by Crippen LogP contribution is -2.20. The van der Waals surface area contributed by atoms with Gasteiger partial charge in [-0.25, -0.2) is 4.79 Å². The van der Waals surface area contributed by atoms with Gasteiger partial charge in [0.25, 0.3) is 0 Å². The number of carbonyl (C=O) groups excluding carboxylic acids is 1. The summed E-state index contributed by atoms with van der Waals surface area (Å²) in [5.41, 5.74) is 0.459. The third-order valence-electron chi connectivity index (χ3n) is 3.04. The van der Waals surface area contributed by atoms with Crippen LogP contribution in [0.5, 0.6) is 0 Å². The summed E-state index contributed by atoms with van der Waals surface area (Å²) in [7, 11) is 0. The van der Waals surface area contributed by atoms with Gasteiger partial charge in [-0.3, -0.25) is 0 Å². The lowest BCUT2D eigenvalue weighted by molar-refractivity contribution is -0.146. The van der Waals surface area contributed by atoms with Crippen LogP contribution in [0.25, 0.3) is 0 Å². The molecule has 1 fully saturated rings. The van der Waals surface area contributed by atoms with Crippen molar-refractivity contribution in [2.24, 2.45) is 0 Å². The maximum atomic E-state index is 11.8. The van der Waals surface area contributed by atoms with Gasteiger partial charge in [-0.2, -0.15) is 0 Å². The van der Waals surface area contributed by atoms with Crippen molar-refractivity contribution in [2.45, 2.75) is 25.6 Å². The highest BCUT2D eigenvalue weighted by atomic mass is 16.7. The van der Waals surface area contributed by atoms with Crippen LogP contribution in [0.3, 0.4) is 0 Å². The fourth-order valence-corrected chi connectivity index (χ4v) is 1.89. The number of rotatable bonds is 6. The van der Waals surface area contributed by atoms with Gasteiger partial charge in [0, 0.05) is 6.61 Å². The van der Waals surface area contributed by atoms with Crippen LogP contribution >= 0.6 is 0 Å². The first-order chi connectivity index (χ1) is 8.68. The first-order valence-corrected chi connectivity index (χ1v) is 6.16. The minimum absolute atomic E-state index is 0.275. The van der Waals surface area contributed by atoms with E-state index in [1.54, 1.807) is 0 Å². The van der Waals surface area contributed by atoms with Gasteiger partial charge in [-0.15, -0.1) is 0 Å². The standard InChI is InChI=1S/C14H18O4/c1-3-16-9-10-17-13(15)12-14(2,18-12)11-7-5-4-6-8-11/h4-8,12H,3,9-10H2,1-2H3/t12-,14+/m1/s1. The molecule has 0 unspecified atom stereocenters. The Morgan fingerprint density at radius 2 is 2.06 bits per heavy atom. The maximum Gasteiger partial charge on any atom is 0.338 e. The Morgan fingerprint density at radius 1 is 1.33 bits per heavy atom. The number of ether oxygens (including phenoxy) is 3. The summed E-state index contributed by atoms with van der Waals surface area (Å²) in [6, 6.07) is 9.70. The third-order valence-corrected chi connectivity index (χ3v) is 3.04. The topological polar surface area (TPSA) is 48.1 Å².